The number of ketones is 1. The number of hydrogen-bond acceptors (Lipinski definition) is 2. The summed E-state index contributed by atoms with van der Waals surface area (Å²) in [5, 5.41) is 10.9. The van der Waals surface area contributed by atoms with Crippen LogP contribution in [0.5, 0.6) is 0 Å². The van der Waals surface area contributed by atoms with Crippen molar-refractivity contribution in [1.29, 1.82) is 0 Å². The van der Waals surface area contributed by atoms with E-state index in [0.29, 0.717) is 29.5 Å². The molecule has 1 N–H and O–H groups in total. The van der Waals surface area contributed by atoms with Crippen LogP contribution in [0.3, 0.4) is 0 Å². The quantitative estimate of drug-likeness (QED) is 0.685. The lowest BCUT2D eigenvalue weighted by molar-refractivity contribution is -0.115. The van der Waals surface area contributed by atoms with E-state index in [4.69, 9.17) is 0 Å². The molecule has 2 nitrogen and oxygen atoms in total. The molecule has 0 bridgehead atoms. The van der Waals surface area contributed by atoms with Crippen LogP contribution in [0.15, 0.2) is 23.3 Å². The van der Waals surface area contributed by atoms with Gasteiger partial charge in [-0.2, -0.15) is 0 Å². The molecule has 120 valence electrons. The second-order valence-electron chi connectivity index (χ2n) is 8.71. The van der Waals surface area contributed by atoms with Crippen molar-refractivity contribution >= 4 is 5.78 Å². The van der Waals surface area contributed by atoms with Gasteiger partial charge < -0.3 is 5.11 Å². The predicted octanol–water partition coefficient (Wildman–Crippen LogP) is 4.05. The fraction of sp³-hybridized carbons (Fsp3) is 0.750. The Bertz CT molecular complexity index is 583. The molecule has 4 rings (SSSR count). The van der Waals surface area contributed by atoms with E-state index in [1.165, 1.54) is 17.6 Å². The molecule has 0 unspecified atom stereocenters. The number of rotatable bonds is 0. The van der Waals surface area contributed by atoms with Crippen LogP contribution in [0.4, 0.5) is 0 Å². The molecule has 0 amide bonds. The summed E-state index contributed by atoms with van der Waals surface area (Å²) < 4.78 is 0. The molecule has 0 radical (unpaired) electrons. The highest BCUT2D eigenvalue weighted by Crippen LogP contribution is 2.63. The molecule has 22 heavy (non-hydrogen) atoms. The Morgan fingerprint density at radius 2 is 2.05 bits per heavy atom. The summed E-state index contributed by atoms with van der Waals surface area (Å²) in [6.45, 7) is 6.66. The second-order valence-corrected chi connectivity index (χ2v) is 8.71. The van der Waals surface area contributed by atoms with Crippen molar-refractivity contribution in [2.45, 2.75) is 64.9 Å². The second kappa shape index (κ2) is 4.56. The summed E-state index contributed by atoms with van der Waals surface area (Å²) in [5.41, 5.74) is 2.36. The zero-order valence-electron chi connectivity index (χ0n) is 14.1. The third-order valence-corrected chi connectivity index (χ3v) is 7.56. The van der Waals surface area contributed by atoms with E-state index in [2.05, 4.69) is 19.9 Å². The normalized spacial score (nSPS) is 50.6. The van der Waals surface area contributed by atoms with E-state index in [1.807, 2.05) is 13.0 Å². The van der Waals surface area contributed by atoms with Gasteiger partial charge in [0.25, 0.3) is 0 Å². The van der Waals surface area contributed by atoms with Crippen LogP contribution in [-0.2, 0) is 4.79 Å². The molecular weight excluding hydrogens is 272 g/mol. The molecular formula is C20H28O2. The number of hydrogen-bond donors (Lipinski definition) is 1. The van der Waals surface area contributed by atoms with Crippen molar-refractivity contribution in [2.75, 3.05) is 0 Å². The summed E-state index contributed by atoms with van der Waals surface area (Å²) in [6, 6.07) is 0. The number of carbonyl (C=O) groups is 1. The van der Waals surface area contributed by atoms with E-state index in [1.54, 1.807) is 0 Å². The van der Waals surface area contributed by atoms with Gasteiger partial charge in [-0.15, -0.1) is 0 Å². The van der Waals surface area contributed by atoms with Gasteiger partial charge in [0.15, 0.2) is 5.78 Å². The molecule has 2 fully saturated rings. The molecule has 0 saturated heterocycles. The fourth-order valence-corrected chi connectivity index (χ4v) is 6.10. The summed E-state index contributed by atoms with van der Waals surface area (Å²) in [4.78, 5) is 11.8. The van der Waals surface area contributed by atoms with Crippen molar-refractivity contribution < 1.29 is 9.90 Å². The smallest absolute Gasteiger partial charge is 0.155 e. The minimum atomic E-state index is -0.578. The highest BCUT2D eigenvalue weighted by molar-refractivity contribution is 5.91. The first-order valence-corrected chi connectivity index (χ1v) is 9.00. The maximum absolute atomic E-state index is 11.8. The molecule has 0 aromatic heterocycles. The molecule has 2 heteroatoms. The zero-order valence-corrected chi connectivity index (χ0v) is 14.1. The van der Waals surface area contributed by atoms with Crippen molar-refractivity contribution in [1.82, 2.24) is 0 Å². The Kier molecular flexibility index (Phi) is 3.05. The number of allylic oxidation sites excluding steroid dienone is 2. The summed E-state index contributed by atoms with van der Waals surface area (Å²) in [5.74, 6) is 2.85. The molecule has 0 aliphatic heterocycles. The SMILES string of the molecule is C[C@@H]1CC2=CC(=O)CC[C@@H]2[C@H]2CC[C@@]3(C)C(=CC[C@@]3(C)O)[C@@H]21. The van der Waals surface area contributed by atoms with Crippen LogP contribution in [0.1, 0.15) is 59.3 Å². The lowest BCUT2D eigenvalue weighted by atomic mass is 9.50. The van der Waals surface area contributed by atoms with E-state index < -0.39 is 5.60 Å². The first-order valence-electron chi connectivity index (χ1n) is 9.00. The largest absolute Gasteiger partial charge is 0.389 e. The van der Waals surface area contributed by atoms with Gasteiger partial charge in [0.1, 0.15) is 0 Å². The average molecular weight is 300 g/mol. The van der Waals surface area contributed by atoms with Crippen LogP contribution in [0, 0.1) is 29.1 Å². The van der Waals surface area contributed by atoms with Crippen LogP contribution < -0.4 is 0 Å². The first kappa shape index (κ1) is 14.7. The van der Waals surface area contributed by atoms with Gasteiger partial charge in [-0.05, 0) is 68.8 Å². The Morgan fingerprint density at radius 1 is 1.27 bits per heavy atom. The average Bonchev–Trinajstić information content (AvgIpc) is 2.69. The monoisotopic (exact) mass is 300 g/mol. The first-order chi connectivity index (χ1) is 10.3. The predicted molar refractivity (Wildman–Crippen MR) is 87.2 cm³/mol. The van der Waals surface area contributed by atoms with Crippen LogP contribution >= 0.6 is 0 Å². The Morgan fingerprint density at radius 3 is 2.82 bits per heavy atom. The van der Waals surface area contributed by atoms with Crippen LogP contribution in [0.25, 0.3) is 0 Å². The van der Waals surface area contributed by atoms with Gasteiger partial charge >= 0.3 is 0 Å². The Hall–Kier alpha value is -0.890. The molecule has 2 saturated carbocycles. The highest BCUT2D eigenvalue weighted by Gasteiger charge is 2.57. The molecule has 4 aliphatic carbocycles. The summed E-state index contributed by atoms with van der Waals surface area (Å²) in [6.07, 6.45) is 10.3. The van der Waals surface area contributed by atoms with Crippen molar-refractivity contribution in [3.05, 3.63) is 23.3 Å². The maximum Gasteiger partial charge on any atom is 0.155 e. The highest BCUT2D eigenvalue weighted by atomic mass is 16.3. The topological polar surface area (TPSA) is 37.3 Å². The molecule has 0 heterocycles. The Labute approximate surface area is 133 Å². The molecule has 0 spiro atoms. The van der Waals surface area contributed by atoms with Gasteiger partial charge in [-0.25, -0.2) is 0 Å². The molecule has 6 atom stereocenters. The lowest BCUT2D eigenvalue weighted by Crippen LogP contribution is -2.50. The third kappa shape index (κ3) is 1.79. The van der Waals surface area contributed by atoms with E-state index in [9.17, 15) is 9.90 Å². The van der Waals surface area contributed by atoms with E-state index >= 15 is 0 Å². The minimum absolute atomic E-state index is 0.0336. The summed E-state index contributed by atoms with van der Waals surface area (Å²) >= 11 is 0. The molecule has 0 aromatic rings. The van der Waals surface area contributed by atoms with Gasteiger partial charge in [0, 0.05) is 11.8 Å². The molecule has 0 aromatic carbocycles. The van der Waals surface area contributed by atoms with Gasteiger partial charge in [-0.1, -0.05) is 31.1 Å². The summed E-state index contributed by atoms with van der Waals surface area (Å²) in [7, 11) is 0. The fourth-order valence-electron chi connectivity index (χ4n) is 6.10. The van der Waals surface area contributed by atoms with Crippen molar-refractivity contribution in [2.24, 2.45) is 29.1 Å². The van der Waals surface area contributed by atoms with Crippen LogP contribution in [0.2, 0.25) is 0 Å². The Balaban J connectivity index is 1.72. The standard InChI is InChI=1S/C20H28O2/c1-12-10-13-11-14(21)4-5-15(13)16-6-8-19(2)17(18(12)16)7-9-20(19,3)22/h7,11-12,15-16,18,22H,4-6,8-10H2,1-3H3/t12-,15+,16-,18-,19+,20-/m1/s1. The number of aliphatic hydroxyl groups is 1. The number of fused-ring (bicyclic) bond motifs is 5. The minimum Gasteiger partial charge on any atom is -0.389 e. The zero-order chi connectivity index (χ0) is 15.7. The van der Waals surface area contributed by atoms with Gasteiger partial charge in [0.2, 0.25) is 0 Å². The molecule has 4 aliphatic rings. The van der Waals surface area contributed by atoms with Gasteiger partial charge in [0.05, 0.1) is 5.60 Å². The van der Waals surface area contributed by atoms with E-state index in [-0.39, 0.29) is 5.41 Å². The maximum atomic E-state index is 11.8. The van der Waals surface area contributed by atoms with Gasteiger partial charge in [-0.3, -0.25) is 4.79 Å². The third-order valence-electron chi connectivity index (χ3n) is 7.56. The lowest BCUT2D eigenvalue weighted by Gasteiger charge is -2.55. The van der Waals surface area contributed by atoms with Crippen LogP contribution in [-0.4, -0.2) is 16.5 Å². The van der Waals surface area contributed by atoms with Crippen molar-refractivity contribution in [3.8, 4) is 0 Å². The van der Waals surface area contributed by atoms with E-state index in [0.717, 1.165) is 32.1 Å². The number of carbonyl (C=O) groups excluding carboxylic acids is 1. The van der Waals surface area contributed by atoms with Crippen molar-refractivity contribution in [3.63, 3.8) is 0 Å².